The summed E-state index contributed by atoms with van der Waals surface area (Å²) in [7, 11) is 1.63. The van der Waals surface area contributed by atoms with Crippen molar-refractivity contribution in [1.82, 2.24) is 24.7 Å². The number of amides is 1. The molecule has 0 aliphatic carbocycles. The molecule has 2 aromatic carbocycles. The molecule has 0 aliphatic rings. The Kier molecular flexibility index (Phi) is 6.82. The molecule has 1 atom stereocenters. The molecular formula is C27H27N7O3. The molecule has 0 spiro atoms. The lowest BCUT2D eigenvalue weighted by Gasteiger charge is -2.11. The van der Waals surface area contributed by atoms with E-state index in [1.807, 2.05) is 55.5 Å². The Labute approximate surface area is 213 Å². The maximum Gasteiger partial charge on any atom is 0.258 e. The van der Waals surface area contributed by atoms with Crippen LogP contribution >= 0.6 is 0 Å². The highest BCUT2D eigenvalue weighted by atomic mass is 16.5. The van der Waals surface area contributed by atoms with Crippen LogP contribution < -0.4 is 15.4 Å². The van der Waals surface area contributed by atoms with E-state index in [1.54, 1.807) is 30.0 Å². The van der Waals surface area contributed by atoms with Crippen molar-refractivity contribution < 1.29 is 14.6 Å². The van der Waals surface area contributed by atoms with Crippen molar-refractivity contribution in [3.8, 4) is 17.3 Å². The average Bonchev–Trinajstić information content (AvgIpc) is 3.53. The third-order valence-corrected chi connectivity index (χ3v) is 5.84. The second-order valence-corrected chi connectivity index (χ2v) is 8.64. The lowest BCUT2D eigenvalue weighted by Crippen LogP contribution is -2.20. The molecule has 5 rings (SSSR count). The summed E-state index contributed by atoms with van der Waals surface area (Å²) >= 11 is 0. The first-order valence-corrected chi connectivity index (χ1v) is 11.8. The molecule has 0 radical (unpaired) electrons. The first kappa shape index (κ1) is 24.0. The number of aliphatic hydroxyl groups is 1. The fraction of sp³-hybridized carbons (Fsp3) is 0.185. The zero-order valence-electron chi connectivity index (χ0n) is 20.5. The van der Waals surface area contributed by atoms with Gasteiger partial charge in [0.15, 0.2) is 11.6 Å². The largest absolute Gasteiger partial charge is 0.497 e. The number of anilines is 2. The number of H-pyrrole nitrogens is 1. The molecule has 10 nitrogen and oxygen atoms in total. The number of rotatable bonds is 9. The molecule has 0 bridgehead atoms. The lowest BCUT2D eigenvalue weighted by molar-refractivity contribution is 0.102. The third-order valence-electron chi connectivity index (χ3n) is 5.84. The number of nitrogens with zero attached hydrogens (tertiary/aromatic N) is 4. The second kappa shape index (κ2) is 10.5. The smallest absolute Gasteiger partial charge is 0.258 e. The molecule has 37 heavy (non-hydrogen) atoms. The van der Waals surface area contributed by atoms with Gasteiger partial charge >= 0.3 is 0 Å². The Morgan fingerprint density at radius 2 is 1.92 bits per heavy atom. The zero-order valence-corrected chi connectivity index (χ0v) is 20.5. The van der Waals surface area contributed by atoms with Gasteiger partial charge in [-0.3, -0.25) is 9.48 Å². The highest BCUT2D eigenvalue weighted by Gasteiger charge is 2.17. The third kappa shape index (κ3) is 5.44. The van der Waals surface area contributed by atoms with E-state index < -0.39 is 0 Å². The molecule has 10 heteroatoms. The van der Waals surface area contributed by atoms with E-state index in [-0.39, 0.29) is 18.6 Å². The summed E-state index contributed by atoms with van der Waals surface area (Å²) in [6.07, 6.45) is 1.48. The number of carbonyl (C=O) groups is 1. The first-order chi connectivity index (χ1) is 18.0. The predicted octanol–water partition coefficient (Wildman–Crippen LogP) is 3.92. The summed E-state index contributed by atoms with van der Waals surface area (Å²) in [5, 5.41) is 19.8. The van der Waals surface area contributed by atoms with Crippen molar-refractivity contribution in [3.05, 3.63) is 84.1 Å². The number of hydrogen-bond acceptors (Lipinski definition) is 7. The summed E-state index contributed by atoms with van der Waals surface area (Å²) in [5.41, 5.74) is 3.89. The highest BCUT2D eigenvalue weighted by molar-refractivity contribution is 6.03. The van der Waals surface area contributed by atoms with Gasteiger partial charge in [0.1, 0.15) is 17.3 Å². The number of ether oxygens (including phenoxy) is 1. The number of aromatic nitrogens is 5. The van der Waals surface area contributed by atoms with Gasteiger partial charge in [0, 0.05) is 18.3 Å². The number of imidazole rings is 1. The molecular weight excluding hydrogens is 470 g/mol. The van der Waals surface area contributed by atoms with Crippen LogP contribution in [-0.4, -0.2) is 55.5 Å². The number of fused-ring (bicyclic) bond motifs is 1. The number of aliphatic hydroxyl groups excluding tert-OH is 1. The molecule has 3 aromatic heterocycles. The number of nitrogens with one attached hydrogen (secondary N) is 3. The minimum Gasteiger partial charge on any atom is -0.497 e. The van der Waals surface area contributed by atoms with Crippen molar-refractivity contribution in [2.75, 3.05) is 24.4 Å². The predicted molar refractivity (Wildman–Crippen MR) is 142 cm³/mol. The summed E-state index contributed by atoms with van der Waals surface area (Å²) in [6.45, 7) is 2.29. The minimum atomic E-state index is -0.334. The van der Waals surface area contributed by atoms with Gasteiger partial charge in [-0.1, -0.05) is 24.3 Å². The van der Waals surface area contributed by atoms with Crippen LogP contribution in [0, 0.1) is 0 Å². The van der Waals surface area contributed by atoms with E-state index in [0.717, 1.165) is 28.0 Å². The van der Waals surface area contributed by atoms with Crippen LogP contribution in [0.4, 0.5) is 11.6 Å². The van der Waals surface area contributed by atoms with Crippen molar-refractivity contribution in [1.29, 1.82) is 0 Å². The second-order valence-electron chi connectivity index (χ2n) is 8.64. The molecule has 188 valence electrons. The van der Waals surface area contributed by atoms with E-state index in [9.17, 15) is 9.90 Å². The van der Waals surface area contributed by atoms with Crippen molar-refractivity contribution in [3.63, 3.8) is 0 Å². The standard InChI is InChI=1S/C27H27N7O3/c1-17(16-35)29-24-12-9-19(14-28-24)27(36)32-25-13-23(26-30-21-5-3-4-6-22(21)31-26)34(33-25)15-18-7-10-20(37-2)11-8-18/h3-14,17,35H,15-16H2,1-2H3,(H,28,29)(H,30,31)(H,32,33,36)/t17-/m1/s1. The summed E-state index contributed by atoms with van der Waals surface area (Å²) < 4.78 is 7.07. The molecule has 0 saturated carbocycles. The highest BCUT2D eigenvalue weighted by Crippen LogP contribution is 2.25. The van der Waals surface area contributed by atoms with Crippen LogP contribution in [0.1, 0.15) is 22.8 Å². The van der Waals surface area contributed by atoms with Gasteiger partial charge in [0.05, 0.1) is 36.9 Å². The Hall–Kier alpha value is -4.70. The molecule has 0 saturated heterocycles. The summed E-state index contributed by atoms with van der Waals surface area (Å²) in [5.74, 6) is 2.06. The van der Waals surface area contributed by atoms with Crippen LogP contribution in [0.3, 0.4) is 0 Å². The van der Waals surface area contributed by atoms with Crippen LogP contribution in [0.15, 0.2) is 72.9 Å². The van der Waals surface area contributed by atoms with Crippen LogP contribution in [-0.2, 0) is 6.54 Å². The molecule has 4 N–H and O–H groups in total. The van der Waals surface area contributed by atoms with Gasteiger partial charge in [-0.2, -0.15) is 5.10 Å². The van der Waals surface area contributed by atoms with E-state index >= 15 is 0 Å². The van der Waals surface area contributed by atoms with Gasteiger partial charge in [-0.25, -0.2) is 9.97 Å². The van der Waals surface area contributed by atoms with E-state index in [4.69, 9.17) is 9.72 Å². The minimum absolute atomic E-state index is 0.0172. The fourth-order valence-electron chi connectivity index (χ4n) is 3.87. The number of para-hydroxylation sites is 2. The van der Waals surface area contributed by atoms with E-state index in [2.05, 4.69) is 25.7 Å². The van der Waals surface area contributed by atoms with Gasteiger partial charge in [-0.15, -0.1) is 0 Å². The van der Waals surface area contributed by atoms with E-state index in [1.165, 1.54) is 6.20 Å². The van der Waals surface area contributed by atoms with Crippen molar-refractivity contribution in [2.24, 2.45) is 0 Å². The molecule has 0 fully saturated rings. The number of methoxy groups -OCH3 is 1. The number of hydrogen-bond donors (Lipinski definition) is 4. The monoisotopic (exact) mass is 497 g/mol. The Bertz CT molecular complexity index is 1470. The van der Waals surface area contributed by atoms with Crippen LogP contribution in [0.5, 0.6) is 5.75 Å². The number of pyridine rings is 1. The molecule has 1 amide bonds. The van der Waals surface area contributed by atoms with Crippen LogP contribution in [0.2, 0.25) is 0 Å². The van der Waals surface area contributed by atoms with Gasteiger partial charge in [0.2, 0.25) is 0 Å². The fourth-order valence-corrected chi connectivity index (χ4v) is 3.87. The maximum atomic E-state index is 12.9. The average molecular weight is 498 g/mol. The normalized spacial score (nSPS) is 11.9. The molecule has 5 aromatic rings. The molecule has 0 aliphatic heterocycles. The lowest BCUT2D eigenvalue weighted by atomic mass is 10.2. The van der Waals surface area contributed by atoms with Crippen molar-refractivity contribution >= 4 is 28.6 Å². The van der Waals surface area contributed by atoms with Crippen LogP contribution in [0.25, 0.3) is 22.6 Å². The van der Waals surface area contributed by atoms with E-state index in [0.29, 0.717) is 29.6 Å². The Balaban J connectivity index is 1.42. The maximum absolute atomic E-state index is 12.9. The Morgan fingerprint density at radius 1 is 1.11 bits per heavy atom. The Morgan fingerprint density at radius 3 is 2.62 bits per heavy atom. The molecule has 3 heterocycles. The van der Waals surface area contributed by atoms with Gasteiger partial charge in [-0.05, 0) is 48.9 Å². The van der Waals surface area contributed by atoms with Gasteiger partial charge in [0.25, 0.3) is 5.91 Å². The number of carbonyl (C=O) groups excluding carboxylic acids is 1. The van der Waals surface area contributed by atoms with Crippen molar-refractivity contribution in [2.45, 2.75) is 19.5 Å². The first-order valence-electron chi connectivity index (χ1n) is 11.8. The topological polar surface area (TPSA) is 130 Å². The zero-order chi connectivity index (χ0) is 25.8. The summed E-state index contributed by atoms with van der Waals surface area (Å²) in [4.78, 5) is 25.3. The number of aromatic amines is 1. The summed E-state index contributed by atoms with van der Waals surface area (Å²) in [6, 6.07) is 20.6. The van der Waals surface area contributed by atoms with Gasteiger partial charge < -0.3 is 25.5 Å². The quantitative estimate of drug-likeness (QED) is 0.243. The molecule has 0 unspecified atom stereocenters. The SMILES string of the molecule is COc1ccc(Cn2nc(NC(=O)c3ccc(N[C@H](C)CO)nc3)cc2-c2nc3ccccc3[nH]2)cc1. The number of benzene rings is 2.